The zero-order valence-electron chi connectivity index (χ0n) is 15.1. The molecule has 22 heavy (non-hydrogen) atoms. The van der Waals surface area contributed by atoms with Gasteiger partial charge < -0.3 is 9.80 Å². The van der Waals surface area contributed by atoms with Crippen molar-refractivity contribution in [3.63, 3.8) is 0 Å². The summed E-state index contributed by atoms with van der Waals surface area (Å²) in [7, 11) is 4.29. The molecular formula is C18H35N3O. The van der Waals surface area contributed by atoms with Gasteiger partial charge in [0.2, 0.25) is 5.91 Å². The number of nitrogens with zero attached hydrogens (tertiary/aromatic N) is 3. The van der Waals surface area contributed by atoms with Gasteiger partial charge in [0.05, 0.1) is 0 Å². The van der Waals surface area contributed by atoms with Crippen molar-refractivity contribution in [2.45, 2.75) is 64.5 Å². The average molecular weight is 309 g/mol. The number of hydrogen-bond donors (Lipinski definition) is 0. The molecular weight excluding hydrogens is 274 g/mol. The maximum Gasteiger partial charge on any atom is 0.225 e. The third-order valence-electron chi connectivity index (χ3n) is 5.14. The van der Waals surface area contributed by atoms with Gasteiger partial charge in [0.15, 0.2) is 0 Å². The zero-order valence-corrected chi connectivity index (χ0v) is 15.1. The van der Waals surface area contributed by atoms with Gasteiger partial charge in [0.1, 0.15) is 0 Å². The van der Waals surface area contributed by atoms with E-state index in [1.54, 1.807) is 0 Å². The Bertz CT molecular complexity index is 342. The van der Waals surface area contributed by atoms with Gasteiger partial charge >= 0.3 is 0 Å². The number of fused-ring (bicyclic) bond motifs is 2. The van der Waals surface area contributed by atoms with E-state index < -0.39 is 0 Å². The molecule has 4 heteroatoms. The highest BCUT2D eigenvalue weighted by molar-refractivity contribution is 5.79. The van der Waals surface area contributed by atoms with Gasteiger partial charge in [-0.3, -0.25) is 9.69 Å². The largest absolute Gasteiger partial charge is 0.334 e. The molecule has 2 aliphatic heterocycles. The normalized spacial score (nSPS) is 25.5. The molecule has 2 unspecified atom stereocenters. The van der Waals surface area contributed by atoms with Crippen LogP contribution in [0.4, 0.5) is 0 Å². The summed E-state index contributed by atoms with van der Waals surface area (Å²) in [6, 6.07) is 0.977. The van der Waals surface area contributed by atoms with Crippen molar-refractivity contribution in [3.8, 4) is 0 Å². The molecule has 2 fully saturated rings. The van der Waals surface area contributed by atoms with Crippen LogP contribution in [0.5, 0.6) is 0 Å². The molecule has 4 nitrogen and oxygen atoms in total. The van der Waals surface area contributed by atoms with Crippen molar-refractivity contribution in [1.29, 1.82) is 0 Å². The lowest BCUT2D eigenvalue weighted by atomic mass is 10.1. The Kier molecular flexibility index (Phi) is 6.69. The van der Waals surface area contributed by atoms with Crippen LogP contribution in [0.2, 0.25) is 0 Å². The Morgan fingerprint density at radius 2 is 1.64 bits per heavy atom. The fourth-order valence-corrected chi connectivity index (χ4v) is 3.95. The highest BCUT2D eigenvalue weighted by atomic mass is 16.2. The first-order chi connectivity index (χ1) is 10.5. The SMILES string of the molecule is CC(C)C(=O)N1C2CCC1CN(CCCCCCN(C)C)C2. The third-order valence-corrected chi connectivity index (χ3v) is 5.14. The lowest BCUT2D eigenvalue weighted by Gasteiger charge is -2.42. The molecule has 2 aliphatic rings. The van der Waals surface area contributed by atoms with Gasteiger partial charge in [-0.25, -0.2) is 0 Å². The number of piperazine rings is 1. The van der Waals surface area contributed by atoms with E-state index in [4.69, 9.17) is 0 Å². The first-order valence-corrected chi connectivity index (χ1v) is 9.18. The van der Waals surface area contributed by atoms with E-state index in [-0.39, 0.29) is 5.92 Å². The van der Waals surface area contributed by atoms with Gasteiger partial charge in [-0.15, -0.1) is 0 Å². The third kappa shape index (κ3) is 4.69. The van der Waals surface area contributed by atoms with Crippen molar-refractivity contribution in [1.82, 2.24) is 14.7 Å². The van der Waals surface area contributed by atoms with Crippen LogP contribution in [0.3, 0.4) is 0 Å². The minimum Gasteiger partial charge on any atom is -0.334 e. The fraction of sp³-hybridized carbons (Fsp3) is 0.944. The van der Waals surface area contributed by atoms with Crippen molar-refractivity contribution >= 4 is 5.91 Å². The summed E-state index contributed by atoms with van der Waals surface area (Å²) in [4.78, 5) is 19.5. The summed E-state index contributed by atoms with van der Waals surface area (Å²) >= 11 is 0. The second-order valence-electron chi connectivity index (χ2n) is 7.76. The van der Waals surface area contributed by atoms with Crippen LogP contribution in [0.1, 0.15) is 52.4 Å². The van der Waals surface area contributed by atoms with Crippen molar-refractivity contribution in [2.24, 2.45) is 5.92 Å². The van der Waals surface area contributed by atoms with E-state index in [2.05, 4.69) is 28.8 Å². The summed E-state index contributed by atoms with van der Waals surface area (Å²) in [5, 5.41) is 0. The molecule has 2 rings (SSSR count). The summed E-state index contributed by atoms with van der Waals surface area (Å²) in [6.07, 6.45) is 7.73. The molecule has 0 aliphatic carbocycles. The summed E-state index contributed by atoms with van der Waals surface area (Å²) in [5.74, 6) is 0.516. The first-order valence-electron chi connectivity index (χ1n) is 9.18. The number of hydrogen-bond acceptors (Lipinski definition) is 3. The van der Waals surface area contributed by atoms with Gasteiger partial charge in [0, 0.05) is 31.1 Å². The Hall–Kier alpha value is -0.610. The molecule has 0 spiro atoms. The van der Waals surface area contributed by atoms with Crippen LogP contribution in [0.15, 0.2) is 0 Å². The predicted octanol–water partition coefficient (Wildman–Crippen LogP) is 2.44. The van der Waals surface area contributed by atoms with Gasteiger partial charge in [-0.2, -0.15) is 0 Å². The highest BCUT2D eigenvalue weighted by Gasteiger charge is 2.42. The monoisotopic (exact) mass is 309 g/mol. The van der Waals surface area contributed by atoms with Crippen LogP contribution in [-0.4, -0.2) is 73.0 Å². The number of unbranched alkanes of at least 4 members (excludes halogenated alkanes) is 3. The minimum atomic E-state index is 0.145. The quantitative estimate of drug-likeness (QED) is 0.644. The molecule has 0 aromatic heterocycles. The summed E-state index contributed by atoms with van der Waals surface area (Å²) < 4.78 is 0. The van der Waals surface area contributed by atoms with E-state index in [0.29, 0.717) is 18.0 Å². The van der Waals surface area contributed by atoms with Crippen LogP contribution < -0.4 is 0 Å². The van der Waals surface area contributed by atoms with Gasteiger partial charge in [-0.1, -0.05) is 26.7 Å². The summed E-state index contributed by atoms with van der Waals surface area (Å²) in [6.45, 7) is 8.70. The molecule has 2 saturated heterocycles. The molecule has 0 saturated carbocycles. The lowest BCUT2D eigenvalue weighted by Crippen LogP contribution is -2.56. The maximum atomic E-state index is 12.4. The standard InChI is InChI=1S/C18H35N3O/c1-15(2)18(22)21-16-9-10-17(21)14-20(13-16)12-8-6-5-7-11-19(3)4/h15-17H,5-14H2,1-4H3. The highest BCUT2D eigenvalue weighted by Crippen LogP contribution is 2.31. The van der Waals surface area contributed by atoms with E-state index in [1.807, 2.05) is 13.8 Å². The predicted molar refractivity (Wildman–Crippen MR) is 92.0 cm³/mol. The van der Waals surface area contributed by atoms with E-state index in [1.165, 1.54) is 51.6 Å². The molecule has 128 valence electrons. The molecule has 2 heterocycles. The fourth-order valence-electron chi connectivity index (χ4n) is 3.95. The van der Waals surface area contributed by atoms with Crippen LogP contribution in [-0.2, 0) is 4.79 Å². The Morgan fingerprint density at radius 1 is 1.05 bits per heavy atom. The first kappa shape index (κ1) is 17.7. The molecule has 0 radical (unpaired) electrons. The number of likely N-dealkylation sites (tertiary alicyclic amines) is 1. The maximum absolute atomic E-state index is 12.4. The Balaban J connectivity index is 1.67. The number of rotatable bonds is 8. The smallest absolute Gasteiger partial charge is 0.225 e. The Labute approximate surface area is 136 Å². The van der Waals surface area contributed by atoms with Crippen molar-refractivity contribution < 1.29 is 4.79 Å². The number of amides is 1. The molecule has 1 amide bonds. The van der Waals surface area contributed by atoms with E-state index >= 15 is 0 Å². The minimum absolute atomic E-state index is 0.145. The molecule has 2 atom stereocenters. The van der Waals surface area contributed by atoms with Crippen LogP contribution in [0.25, 0.3) is 0 Å². The molecule has 0 aromatic rings. The zero-order chi connectivity index (χ0) is 16.1. The second-order valence-corrected chi connectivity index (χ2v) is 7.76. The van der Waals surface area contributed by atoms with E-state index in [9.17, 15) is 4.79 Å². The van der Waals surface area contributed by atoms with E-state index in [0.717, 1.165) is 13.1 Å². The second kappa shape index (κ2) is 8.30. The lowest BCUT2D eigenvalue weighted by molar-refractivity contribution is -0.140. The number of carbonyl (C=O) groups excluding carboxylic acids is 1. The summed E-state index contributed by atoms with van der Waals surface area (Å²) in [5.41, 5.74) is 0. The van der Waals surface area contributed by atoms with Crippen molar-refractivity contribution in [3.05, 3.63) is 0 Å². The topological polar surface area (TPSA) is 26.8 Å². The van der Waals surface area contributed by atoms with Gasteiger partial charge in [0.25, 0.3) is 0 Å². The molecule has 0 N–H and O–H groups in total. The van der Waals surface area contributed by atoms with Crippen LogP contribution >= 0.6 is 0 Å². The Morgan fingerprint density at radius 3 is 2.18 bits per heavy atom. The van der Waals surface area contributed by atoms with Crippen LogP contribution in [0, 0.1) is 5.92 Å². The number of carbonyl (C=O) groups is 1. The van der Waals surface area contributed by atoms with Gasteiger partial charge in [-0.05, 0) is 52.9 Å². The average Bonchev–Trinajstić information content (AvgIpc) is 2.72. The molecule has 0 aromatic carbocycles. The molecule has 2 bridgehead atoms. The van der Waals surface area contributed by atoms with Crippen molar-refractivity contribution in [2.75, 3.05) is 40.3 Å².